The SMILES string of the molecule is CCCCC=CC=CC=CC=CCCC=CCCC=CC=CC=CC=CCCCCCCCC(=O)CCCCC(=O)CCC. The van der Waals surface area contributed by atoms with Gasteiger partial charge in [0.2, 0.25) is 0 Å². The van der Waals surface area contributed by atoms with E-state index in [0.29, 0.717) is 37.2 Å². The lowest BCUT2D eigenvalue weighted by Crippen LogP contribution is -2.00. The first-order chi connectivity index (χ1) is 21.7. The fourth-order valence-corrected chi connectivity index (χ4v) is 4.44. The van der Waals surface area contributed by atoms with Crippen LogP contribution in [0.2, 0.25) is 0 Å². The fraction of sp³-hybridized carbons (Fsp3) is 0.524. The van der Waals surface area contributed by atoms with Crippen LogP contribution in [0.15, 0.2) is 109 Å². The van der Waals surface area contributed by atoms with Crippen molar-refractivity contribution in [1.29, 1.82) is 0 Å². The smallest absolute Gasteiger partial charge is 0.132 e. The van der Waals surface area contributed by atoms with Crippen LogP contribution in [-0.4, -0.2) is 11.6 Å². The van der Waals surface area contributed by atoms with Gasteiger partial charge in [-0.25, -0.2) is 0 Å². The fourth-order valence-electron chi connectivity index (χ4n) is 4.44. The van der Waals surface area contributed by atoms with Gasteiger partial charge < -0.3 is 0 Å². The van der Waals surface area contributed by atoms with E-state index in [0.717, 1.165) is 64.2 Å². The molecule has 0 N–H and O–H groups in total. The van der Waals surface area contributed by atoms with Crippen molar-refractivity contribution in [3.8, 4) is 0 Å². The first kappa shape index (κ1) is 41.0. The third-order valence-corrected chi connectivity index (χ3v) is 7.06. The summed E-state index contributed by atoms with van der Waals surface area (Å²) in [5, 5.41) is 0. The molecule has 244 valence electrons. The molecule has 0 saturated heterocycles. The van der Waals surface area contributed by atoms with E-state index >= 15 is 0 Å². The molecular weight excluding hydrogens is 536 g/mol. The Morgan fingerprint density at radius 1 is 0.318 bits per heavy atom. The summed E-state index contributed by atoms with van der Waals surface area (Å²) in [6, 6.07) is 0. The Labute approximate surface area is 272 Å². The van der Waals surface area contributed by atoms with Crippen LogP contribution < -0.4 is 0 Å². The molecule has 0 aromatic rings. The third kappa shape index (κ3) is 35.2. The number of rotatable bonds is 30. The Morgan fingerprint density at radius 2 is 0.659 bits per heavy atom. The molecule has 0 atom stereocenters. The molecule has 0 fully saturated rings. The number of carbonyl (C=O) groups is 2. The second kappa shape index (κ2) is 36.2. The van der Waals surface area contributed by atoms with Gasteiger partial charge in [-0.1, -0.05) is 155 Å². The van der Waals surface area contributed by atoms with E-state index in [1.807, 2.05) is 6.92 Å². The second-order valence-corrected chi connectivity index (χ2v) is 11.4. The number of unbranched alkanes of at least 4 members (excludes halogenated alkanes) is 10. The topological polar surface area (TPSA) is 34.1 Å². The number of carbonyl (C=O) groups excluding carboxylic acids is 2. The van der Waals surface area contributed by atoms with Crippen LogP contribution in [0.3, 0.4) is 0 Å². The summed E-state index contributed by atoms with van der Waals surface area (Å²) in [5.41, 5.74) is 0. The molecule has 0 unspecified atom stereocenters. The van der Waals surface area contributed by atoms with Gasteiger partial charge in [0.1, 0.15) is 11.6 Å². The summed E-state index contributed by atoms with van der Waals surface area (Å²) in [4.78, 5) is 23.5. The molecule has 0 bridgehead atoms. The minimum absolute atomic E-state index is 0.343. The van der Waals surface area contributed by atoms with Gasteiger partial charge in [-0.3, -0.25) is 9.59 Å². The minimum atomic E-state index is 0.343. The van der Waals surface area contributed by atoms with E-state index in [1.165, 1.54) is 38.5 Å². The molecule has 0 heterocycles. The molecule has 0 radical (unpaired) electrons. The maximum atomic E-state index is 12.0. The van der Waals surface area contributed by atoms with Gasteiger partial charge in [-0.2, -0.15) is 0 Å². The largest absolute Gasteiger partial charge is 0.300 e. The second-order valence-electron chi connectivity index (χ2n) is 11.4. The number of hydrogen-bond donors (Lipinski definition) is 0. The van der Waals surface area contributed by atoms with E-state index in [1.54, 1.807) is 0 Å². The summed E-state index contributed by atoms with van der Waals surface area (Å²) in [6.07, 6.45) is 58.9. The average molecular weight is 601 g/mol. The molecule has 44 heavy (non-hydrogen) atoms. The zero-order valence-corrected chi connectivity index (χ0v) is 28.4. The summed E-state index contributed by atoms with van der Waals surface area (Å²) >= 11 is 0. The highest BCUT2D eigenvalue weighted by molar-refractivity contribution is 5.79. The molecule has 0 spiro atoms. The predicted molar refractivity (Wildman–Crippen MR) is 196 cm³/mol. The van der Waals surface area contributed by atoms with Crippen molar-refractivity contribution in [1.82, 2.24) is 0 Å². The molecule has 2 heteroatoms. The zero-order valence-electron chi connectivity index (χ0n) is 28.4. The lowest BCUT2D eigenvalue weighted by molar-refractivity contribution is -0.121. The zero-order chi connectivity index (χ0) is 32.0. The Bertz CT molecular complexity index is 933. The molecule has 0 aliphatic heterocycles. The van der Waals surface area contributed by atoms with Crippen molar-refractivity contribution in [2.45, 2.75) is 142 Å². The number of ketones is 2. The van der Waals surface area contributed by atoms with Crippen LogP contribution in [-0.2, 0) is 9.59 Å². The van der Waals surface area contributed by atoms with E-state index in [4.69, 9.17) is 0 Å². The number of allylic oxidation sites excluding steroid dienone is 18. The number of hydrogen-bond acceptors (Lipinski definition) is 2. The molecule has 2 nitrogen and oxygen atoms in total. The minimum Gasteiger partial charge on any atom is -0.300 e. The van der Waals surface area contributed by atoms with Gasteiger partial charge in [0, 0.05) is 25.7 Å². The van der Waals surface area contributed by atoms with Crippen molar-refractivity contribution in [3.63, 3.8) is 0 Å². The highest BCUT2D eigenvalue weighted by atomic mass is 16.1. The Morgan fingerprint density at radius 3 is 1.14 bits per heavy atom. The molecule has 0 rings (SSSR count). The van der Waals surface area contributed by atoms with Crippen LogP contribution in [0.1, 0.15) is 142 Å². The predicted octanol–water partition coefficient (Wildman–Crippen LogP) is 13.0. The van der Waals surface area contributed by atoms with Crippen LogP contribution in [0.25, 0.3) is 0 Å². The van der Waals surface area contributed by atoms with Crippen LogP contribution in [0.4, 0.5) is 0 Å². The van der Waals surface area contributed by atoms with Gasteiger partial charge in [0.25, 0.3) is 0 Å². The lowest BCUT2D eigenvalue weighted by Gasteiger charge is -2.02. The monoisotopic (exact) mass is 600 g/mol. The molecule has 0 aromatic carbocycles. The summed E-state index contributed by atoms with van der Waals surface area (Å²) in [5.74, 6) is 0.712. The normalized spacial score (nSPS) is 13.0. The quantitative estimate of drug-likeness (QED) is 0.0467. The van der Waals surface area contributed by atoms with Crippen molar-refractivity contribution < 1.29 is 9.59 Å². The summed E-state index contributed by atoms with van der Waals surface area (Å²) < 4.78 is 0. The maximum Gasteiger partial charge on any atom is 0.132 e. The highest BCUT2D eigenvalue weighted by Gasteiger charge is 2.04. The van der Waals surface area contributed by atoms with Gasteiger partial charge in [-0.05, 0) is 70.6 Å². The van der Waals surface area contributed by atoms with Gasteiger partial charge in [0.15, 0.2) is 0 Å². The average Bonchev–Trinajstić information content (AvgIpc) is 3.02. The molecule has 0 amide bonds. The standard InChI is InChI=1S/C42H64O2/c1-3-5-6-7-8-9-10-11-12-13-14-15-16-17-18-19-20-21-22-23-24-25-26-27-28-29-30-31-32-33-34-38-42(44)40-36-35-39-41(43)37-4-2/h7-14,17-18,21-28H,3-6,15-16,19-20,29-40H2,1-2H3. The molecular formula is C42H64O2. The highest BCUT2D eigenvalue weighted by Crippen LogP contribution is 2.11. The lowest BCUT2D eigenvalue weighted by atomic mass is 10.0. The first-order valence-electron chi connectivity index (χ1n) is 17.7. The van der Waals surface area contributed by atoms with E-state index in [2.05, 4.69) is 116 Å². The Hall–Kier alpha value is -3.00. The summed E-state index contributed by atoms with van der Waals surface area (Å²) in [7, 11) is 0. The molecule has 0 aliphatic carbocycles. The third-order valence-electron chi connectivity index (χ3n) is 7.06. The van der Waals surface area contributed by atoms with Gasteiger partial charge in [0.05, 0.1) is 0 Å². The van der Waals surface area contributed by atoms with Crippen LogP contribution in [0.5, 0.6) is 0 Å². The number of Topliss-reactive ketones (excluding diaryl/α,β-unsaturated/α-hetero) is 2. The maximum absolute atomic E-state index is 12.0. The summed E-state index contributed by atoms with van der Waals surface area (Å²) in [6.45, 7) is 4.25. The van der Waals surface area contributed by atoms with Gasteiger partial charge in [-0.15, -0.1) is 0 Å². The first-order valence-corrected chi connectivity index (χ1v) is 17.7. The van der Waals surface area contributed by atoms with E-state index in [9.17, 15) is 9.59 Å². The van der Waals surface area contributed by atoms with Crippen molar-refractivity contribution in [2.24, 2.45) is 0 Å². The Balaban J connectivity index is 3.58. The molecule has 0 saturated carbocycles. The van der Waals surface area contributed by atoms with Crippen molar-refractivity contribution in [3.05, 3.63) is 109 Å². The van der Waals surface area contributed by atoms with Crippen molar-refractivity contribution in [2.75, 3.05) is 0 Å². The van der Waals surface area contributed by atoms with Crippen LogP contribution >= 0.6 is 0 Å². The van der Waals surface area contributed by atoms with Gasteiger partial charge >= 0.3 is 0 Å². The van der Waals surface area contributed by atoms with E-state index < -0.39 is 0 Å². The van der Waals surface area contributed by atoms with Crippen LogP contribution in [0, 0.1) is 0 Å². The molecule has 0 aliphatic rings. The molecule has 0 aromatic heterocycles. The van der Waals surface area contributed by atoms with E-state index in [-0.39, 0.29) is 0 Å². The van der Waals surface area contributed by atoms with Crippen molar-refractivity contribution >= 4 is 11.6 Å². The Kier molecular flexibility index (Phi) is 33.7.